The minimum absolute atomic E-state index is 0.212. The number of nitrogens with one attached hydrogen (secondary N) is 1. The lowest BCUT2D eigenvalue weighted by molar-refractivity contribution is -0.137. The molecule has 0 saturated carbocycles. The van der Waals surface area contributed by atoms with Gasteiger partial charge in [-0.25, -0.2) is 9.78 Å². The van der Waals surface area contributed by atoms with E-state index in [1.807, 2.05) is 0 Å². The van der Waals surface area contributed by atoms with Crippen LogP contribution in [0.3, 0.4) is 0 Å². The van der Waals surface area contributed by atoms with Crippen LogP contribution in [0, 0.1) is 0 Å². The largest absolute Gasteiger partial charge is 0.491 e. The van der Waals surface area contributed by atoms with Gasteiger partial charge in [0.05, 0.1) is 24.8 Å². The Kier molecular flexibility index (Phi) is 9.99. The van der Waals surface area contributed by atoms with E-state index in [0.29, 0.717) is 36.8 Å². The highest BCUT2D eigenvalue weighted by molar-refractivity contribution is 7.87. The van der Waals surface area contributed by atoms with E-state index in [1.165, 1.54) is 40.0 Å². The lowest BCUT2D eigenvalue weighted by atomic mass is 10.0. The van der Waals surface area contributed by atoms with Crippen molar-refractivity contribution in [3.63, 3.8) is 0 Å². The fourth-order valence-electron chi connectivity index (χ4n) is 2.78. The van der Waals surface area contributed by atoms with E-state index in [4.69, 9.17) is 25.8 Å². The number of carboxylic acid groups (broad SMARTS) is 1. The number of alkyl halides is 3. The van der Waals surface area contributed by atoms with Gasteiger partial charge in [-0.05, 0) is 44.5 Å². The molecule has 0 aliphatic rings. The van der Waals surface area contributed by atoms with E-state index >= 15 is 0 Å². The maximum absolute atomic E-state index is 12.9. The van der Waals surface area contributed by atoms with Crippen LogP contribution in [0.25, 0.3) is 0 Å². The van der Waals surface area contributed by atoms with E-state index < -0.39 is 51.3 Å². The van der Waals surface area contributed by atoms with Crippen LogP contribution in [0.15, 0.2) is 36.5 Å². The lowest BCUT2D eigenvalue weighted by Crippen LogP contribution is -2.55. The van der Waals surface area contributed by atoms with Crippen molar-refractivity contribution >= 4 is 27.9 Å². The smallest absolute Gasteiger partial charge is 0.422 e. The topological polar surface area (TPSA) is 127 Å². The first-order valence-electron chi connectivity index (χ1n) is 10.7. The molecule has 206 valence electrons. The molecule has 2 aromatic rings. The molecule has 2 N–H and O–H groups in total. The van der Waals surface area contributed by atoms with Crippen molar-refractivity contribution in [2.24, 2.45) is 0 Å². The third-order valence-electron chi connectivity index (χ3n) is 5.17. The number of benzene rings is 1. The zero-order valence-corrected chi connectivity index (χ0v) is 21.9. The maximum atomic E-state index is 12.9. The Morgan fingerprint density at radius 1 is 1.22 bits per heavy atom. The number of ether oxygens (including phenoxy) is 3. The predicted molar refractivity (Wildman–Crippen MR) is 128 cm³/mol. The van der Waals surface area contributed by atoms with Gasteiger partial charge in [-0.3, -0.25) is 0 Å². The molecule has 1 amide bonds. The minimum atomic E-state index is -4.66. The summed E-state index contributed by atoms with van der Waals surface area (Å²) in [6.45, 7) is 4.44. The molecular formula is C22H27ClF3N3O7S. The van der Waals surface area contributed by atoms with Crippen LogP contribution >= 0.6 is 11.6 Å². The normalized spacial score (nSPS) is 13.2. The van der Waals surface area contributed by atoms with Crippen molar-refractivity contribution in [2.45, 2.75) is 45.1 Å². The third-order valence-corrected chi connectivity index (χ3v) is 6.96. The van der Waals surface area contributed by atoms with Gasteiger partial charge in [0.1, 0.15) is 23.0 Å². The van der Waals surface area contributed by atoms with Crippen LogP contribution in [0.5, 0.6) is 11.6 Å². The van der Waals surface area contributed by atoms with Gasteiger partial charge < -0.3 is 19.3 Å². The van der Waals surface area contributed by atoms with Crippen molar-refractivity contribution in [1.82, 2.24) is 14.0 Å². The number of amides is 1. The first kappa shape index (κ1) is 30.4. The molecule has 1 atom stereocenters. The Morgan fingerprint density at radius 3 is 2.35 bits per heavy atom. The fourth-order valence-corrected chi connectivity index (χ4v) is 4.36. The number of pyridine rings is 1. The third kappa shape index (κ3) is 8.62. The zero-order chi connectivity index (χ0) is 28.0. The number of hydrogen-bond acceptors (Lipinski definition) is 7. The Bertz CT molecular complexity index is 1180. The second-order valence-electron chi connectivity index (χ2n) is 8.33. The average molecular weight is 570 g/mol. The quantitative estimate of drug-likeness (QED) is 0.361. The van der Waals surface area contributed by atoms with E-state index in [9.17, 15) is 31.5 Å². The molecule has 37 heavy (non-hydrogen) atoms. The van der Waals surface area contributed by atoms with E-state index in [1.54, 1.807) is 12.1 Å². The SMILES string of the molecule is COCCOc1ccc(CN(C(=O)O)S(=O)(=O)NC(C)C(C)(C)Oc2ncc(C(F)(F)F)cc2Cl)cc1. The average Bonchev–Trinajstić information content (AvgIpc) is 2.78. The summed E-state index contributed by atoms with van der Waals surface area (Å²) in [7, 11) is -3.08. The van der Waals surface area contributed by atoms with Gasteiger partial charge in [0.25, 0.3) is 0 Å². The van der Waals surface area contributed by atoms with Gasteiger partial charge in [0, 0.05) is 13.3 Å². The summed E-state index contributed by atoms with van der Waals surface area (Å²) in [6.07, 6.45) is -5.86. The molecule has 15 heteroatoms. The molecular weight excluding hydrogens is 543 g/mol. The molecule has 10 nitrogen and oxygen atoms in total. The Labute approximate surface area is 217 Å². The predicted octanol–water partition coefficient (Wildman–Crippen LogP) is 4.34. The highest BCUT2D eigenvalue weighted by Crippen LogP contribution is 2.34. The first-order chi connectivity index (χ1) is 17.1. The number of methoxy groups -OCH3 is 1. The van der Waals surface area contributed by atoms with Gasteiger partial charge in [-0.2, -0.15) is 30.6 Å². The monoisotopic (exact) mass is 569 g/mol. The van der Waals surface area contributed by atoms with E-state index in [2.05, 4.69) is 9.71 Å². The molecule has 0 fully saturated rings. The van der Waals surface area contributed by atoms with Gasteiger partial charge in [0.2, 0.25) is 5.88 Å². The second-order valence-corrected chi connectivity index (χ2v) is 10.4. The van der Waals surface area contributed by atoms with Crippen LogP contribution in [0.2, 0.25) is 5.02 Å². The van der Waals surface area contributed by atoms with Gasteiger partial charge in [-0.15, -0.1) is 0 Å². The number of carbonyl (C=O) groups is 1. The molecule has 0 bridgehead atoms. The molecule has 0 radical (unpaired) electrons. The summed E-state index contributed by atoms with van der Waals surface area (Å²) in [5.74, 6) is 0.139. The number of halogens is 4. The van der Waals surface area contributed by atoms with Gasteiger partial charge in [-0.1, -0.05) is 23.7 Å². The van der Waals surface area contributed by atoms with Crippen LogP contribution < -0.4 is 14.2 Å². The maximum Gasteiger partial charge on any atom is 0.422 e. The Morgan fingerprint density at radius 2 is 1.84 bits per heavy atom. The van der Waals surface area contributed by atoms with Crippen molar-refractivity contribution in [3.8, 4) is 11.6 Å². The molecule has 0 aliphatic carbocycles. The molecule has 1 aromatic heterocycles. The highest BCUT2D eigenvalue weighted by Gasteiger charge is 2.37. The molecule has 1 aromatic carbocycles. The molecule has 1 heterocycles. The van der Waals surface area contributed by atoms with Crippen molar-refractivity contribution in [1.29, 1.82) is 0 Å². The van der Waals surface area contributed by atoms with Crippen LogP contribution in [0.1, 0.15) is 31.9 Å². The van der Waals surface area contributed by atoms with Crippen LogP contribution in [0.4, 0.5) is 18.0 Å². The zero-order valence-electron chi connectivity index (χ0n) is 20.4. The Hall–Kier alpha value is -2.81. The molecule has 0 spiro atoms. The molecule has 0 aliphatic heterocycles. The molecule has 2 rings (SSSR count). The standard InChI is InChI=1S/C22H27ClF3N3O7S/c1-14(21(2,3)36-19-18(23)11-16(12-27-19)22(24,25)26)28-37(32,33)29(20(30)31)13-15-5-7-17(8-6-15)35-10-9-34-4/h5-8,11-12,14,28H,9-10,13H2,1-4H3,(H,30,31). The van der Waals surface area contributed by atoms with Crippen molar-refractivity contribution in [3.05, 3.63) is 52.7 Å². The number of aromatic nitrogens is 1. The summed E-state index contributed by atoms with van der Waals surface area (Å²) in [4.78, 5) is 15.4. The minimum Gasteiger partial charge on any atom is -0.491 e. The molecule has 1 unspecified atom stereocenters. The van der Waals surface area contributed by atoms with E-state index in [-0.39, 0.29) is 10.2 Å². The van der Waals surface area contributed by atoms with Crippen LogP contribution in [-0.2, 0) is 27.7 Å². The molecule has 0 saturated heterocycles. The van der Waals surface area contributed by atoms with E-state index in [0.717, 1.165) is 0 Å². The van der Waals surface area contributed by atoms with Crippen molar-refractivity contribution in [2.75, 3.05) is 20.3 Å². The first-order valence-corrected chi connectivity index (χ1v) is 12.5. The van der Waals surface area contributed by atoms with Gasteiger partial charge in [0.15, 0.2) is 0 Å². The number of rotatable bonds is 12. The number of nitrogens with zero attached hydrogens (tertiary/aromatic N) is 2. The summed E-state index contributed by atoms with van der Waals surface area (Å²) in [6, 6.07) is 5.72. The highest BCUT2D eigenvalue weighted by atomic mass is 35.5. The summed E-state index contributed by atoms with van der Waals surface area (Å²) >= 11 is 5.88. The van der Waals surface area contributed by atoms with Crippen LogP contribution in [-0.4, -0.2) is 60.9 Å². The Balaban J connectivity index is 2.13. The van der Waals surface area contributed by atoms with Crippen molar-refractivity contribution < 1.29 is 45.7 Å². The fraction of sp³-hybridized carbons (Fsp3) is 0.455. The summed E-state index contributed by atoms with van der Waals surface area (Å²) in [5, 5.41) is 9.13. The second kappa shape index (κ2) is 12.2. The lowest BCUT2D eigenvalue weighted by Gasteiger charge is -2.34. The van der Waals surface area contributed by atoms with Gasteiger partial charge >= 0.3 is 22.5 Å². The number of hydrogen-bond donors (Lipinski definition) is 2. The summed E-state index contributed by atoms with van der Waals surface area (Å²) < 4.78 is 82.7. The summed E-state index contributed by atoms with van der Waals surface area (Å²) in [5.41, 5.74) is -2.12.